The van der Waals surface area contributed by atoms with E-state index in [-0.39, 0.29) is 0 Å². The lowest BCUT2D eigenvalue weighted by atomic mass is 10.0. The zero-order valence-corrected chi connectivity index (χ0v) is 8.37. The van der Waals surface area contributed by atoms with Crippen LogP contribution in [0, 0.1) is 5.92 Å². The molecular weight excluding hydrogens is 174 g/mol. The molecule has 14 heavy (non-hydrogen) atoms. The van der Waals surface area contributed by atoms with Gasteiger partial charge in [-0.15, -0.1) is 0 Å². The first kappa shape index (κ1) is 9.62. The molecular formula is C11H17N3. The van der Waals surface area contributed by atoms with E-state index in [1.165, 1.54) is 18.8 Å². The van der Waals surface area contributed by atoms with Crippen LogP contribution in [0.25, 0.3) is 0 Å². The lowest BCUT2D eigenvalue weighted by molar-refractivity contribution is 0.332. The van der Waals surface area contributed by atoms with Crippen molar-refractivity contribution in [2.45, 2.75) is 6.42 Å². The highest BCUT2D eigenvalue weighted by molar-refractivity contribution is 5.03. The fourth-order valence-electron chi connectivity index (χ4n) is 1.56. The zero-order chi connectivity index (χ0) is 9.64. The summed E-state index contributed by atoms with van der Waals surface area (Å²) in [7, 11) is 0. The van der Waals surface area contributed by atoms with Gasteiger partial charge < -0.3 is 10.6 Å². The molecule has 0 bridgehead atoms. The molecule has 1 aromatic rings. The molecule has 0 aliphatic carbocycles. The van der Waals surface area contributed by atoms with E-state index in [4.69, 9.17) is 0 Å². The van der Waals surface area contributed by atoms with Crippen molar-refractivity contribution in [1.82, 2.24) is 15.6 Å². The van der Waals surface area contributed by atoms with Gasteiger partial charge in [0.15, 0.2) is 0 Å². The molecule has 2 N–H and O–H groups in total. The van der Waals surface area contributed by atoms with Crippen molar-refractivity contribution in [3.8, 4) is 0 Å². The first-order valence-corrected chi connectivity index (χ1v) is 5.26. The fourth-order valence-corrected chi connectivity index (χ4v) is 1.56. The van der Waals surface area contributed by atoms with Gasteiger partial charge in [-0.3, -0.25) is 4.98 Å². The van der Waals surface area contributed by atoms with Gasteiger partial charge in [0.2, 0.25) is 0 Å². The second-order valence-electron chi connectivity index (χ2n) is 3.80. The molecule has 3 nitrogen and oxygen atoms in total. The Morgan fingerprint density at radius 1 is 1.43 bits per heavy atom. The Morgan fingerprint density at radius 3 is 3.00 bits per heavy atom. The van der Waals surface area contributed by atoms with E-state index in [2.05, 4.69) is 21.7 Å². The Morgan fingerprint density at radius 2 is 2.36 bits per heavy atom. The zero-order valence-electron chi connectivity index (χ0n) is 8.37. The van der Waals surface area contributed by atoms with Gasteiger partial charge in [-0.1, -0.05) is 6.07 Å². The van der Waals surface area contributed by atoms with Crippen LogP contribution in [-0.2, 0) is 6.42 Å². The highest BCUT2D eigenvalue weighted by Crippen LogP contribution is 2.00. The molecule has 1 saturated heterocycles. The van der Waals surface area contributed by atoms with Crippen LogP contribution in [0.5, 0.6) is 0 Å². The van der Waals surface area contributed by atoms with Crippen molar-refractivity contribution in [3.05, 3.63) is 30.1 Å². The number of aromatic nitrogens is 1. The minimum Gasteiger partial charge on any atom is -0.316 e. The van der Waals surface area contributed by atoms with Gasteiger partial charge in [0.25, 0.3) is 0 Å². The lowest BCUT2D eigenvalue weighted by Gasteiger charge is -2.27. The van der Waals surface area contributed by atoms with Crippen LogP contribution in [0.4, 0.5) is 0 Å². The summed E-state index contributed by atoms with van der Waals surface area (Å²) in [6.45, 7) is 4.53. The predicted molar refractivity (Wildman–Crippen MR) is 57.2 cm³/mol. The molecule has 2 heterocycles. The third kappa shape index (κ3) is 2.79. The average molecular weight is 191 g/mol. The van der Waals surface area contributed by atoms with Crippen LogP contribution in [0.2, 0.25) is 0 Å². The Hall–Kier alpha value is -0.930. The first-order chi connectivity index (χ1) is 6.95. The van der Waals surface area contributed by atoms with Crippen LogP contribution in [0.1, 0.15) is 5.69 Å². The first-order valence-electron chi connectivity index (χ1n) is 5.26. The number of pyridine rings is 1. The summed E-state index contributed by atoms with van der Waals surface area (Å²) in [6, 6.07) is 6.07. The summed E-state index contributed by atoms with van der Waals surface area (Å²) in [6.07, 6.45) is 2.88. The number of nitrogens with one attached hydrogen (secondary N) is 2. The van der Waals surface area contributed by atoms with Crippen LogP contribution in [-0.4, -0.2) is 31.2 Å². The lowest BCUT2D eigenvalue weighted by Crippen LogP contribution is -2.47. The largest absolute Gasteiger partial charge is 0.316 e. The van der Waals surface area contributed by atoms with Crippen molar-refractivity contribution >= 4 is 0 Å². The van der Waals surface area contributed by atoms with Gasteiger partial charge in [0, 0.05) is 44.5 Å². The van der Waals surface area contributed by atoms with Crippen LogP contribution in [0.15, 0.2) is 24.4 Å². The average Bonchev–Trinajstić information content (AvgIpc) is 2.16. The van der Waals surface area contributed by atoms with Crippen LogP contribution in [0.3, 0.4) is 0 Å². The Kier molecular flexibility index (Phi) is 3.49. The van der Waals surface area contributed by atoms with Crippen molar-refractivity contribution in [3.63, 3.8) is 0 Å². The van der Waals surface area contributed by atoms with Gasteiger partial charge in [-0.2, -0.15) is 0 Å². The molecule has 2 rings (SSSR count). The van der Waals surface area contributed by atoms with E-state index in [9.17, 15) is 0 Å². The summed E-state index contributed by atoms with van der Waals surface area (Å²) in [5.41, 5.74) is 1.17. The van der Waals surface area contributed by atoms with E-state index >= 15 is 0 Å². The minimum absolute atomic E-state index is 0.846. The molecule has 1 aromatic heterocycles. The summed E-state index contributed by atoms with van der Waals surface area (Å²) < 4.78 is 0. The molecule has 1 aliphatic heterocycles. The Labute approximate surface area is 84.9 Å². The number of hydrogen-bond acceptors (Lipinski definition) is 3. The quantitative estimate of drug-likeness (QED) is 0.663. The maximum Gasteiger partial charge on any atom is 0.0416 e. The molecule has 0 amide bonds. The van der Waals surface area contributed by atoms with Crippen LogP contribution >= 0.6 is 0 Å². The van der Waals surface area contributed by atoms with Gasteiger partial charge in [0.1, 0.15) is 0 Å². The molecule has 1 aliphatic rings. The topological polar surface area (TPSA) is 37.0 Å². The Bertz CT molecular complexity index is 256. The summed E-state index contributed by atoms with van der Waals surface area (Å²) >= 11 is 0. The molecule has 0 saturated carbocycles. The number of nitrogens with zero attached hydrogens (tertiary/aromatic N) is 1. The third-order valence-corrected chi connectivity index (χ3v) is 2.58. The monoisotopic (exact) mass is 191 g/mol. The molecule has 0 aromatic carbocycles. The summed E-state index contributed by atoms with van der Waals surface area (Å²) in [5.74, 6) is 0.846. The number of hydrogen-bond donors (Lipinski definition) is 2. The molecule has 1 fully saturated rings. The van der Waals surface area contributed by atoms with Crippen molar-refractivity contribution in [2.75, 3.05) is 26.2 Å². The molecule has 76 valence electrons. The molecule has 0 atom stereocenters. The maximum absolute atomic E-state index is 4.28. The Balaban J connectivity index is 1.58. The van der Waals surface area contributed by atoms with Gasteiger partial charge in [0.05, 0.1) is 0 Å². The summed E-state index contributed by atoms with van der Waals surface area (Å²) in [5, 5.41) is 6.72. The number of rotatable bonds is 5. The maximum atomic E-state index is 4.28. The standard InChI is InChI=1S/C11H17N3/c1-2-5-14-11(3-1)4-6-12-7-10-8-13-9-10/h1-3,5,10,12-13H,4,6-9H2. The van der Waals surface area contributed by atoms with E-state index in [1.807, 2.05) is 18.3 Å². The van der Waals surface area contributed by atoms with Crippen LogP contribution < -0.4 is 10.6 Å². The van der Waals surface area contributed by atoms with Crippen molar-refractivity contribution in [2.24, 2.45) is 5.92 Å². The molecule has 0 spiro atoms. The second-order valence-corrected chi connectivity index (χ2v) is 3.80. The predicted octanol–water partition coefficient (Wildman–Crippen LogP) is 0.433. The molecule has 3 heteroatoms. The summed E-state index contributed by atoms with van der Waals surface area (Å²) in [4.78, 5) is 4.28. The SMILES string of the molecule is c1ccc(CCNCC2CNC2)nc1. The molecule has 0 radical (unpaired) electrons. The van der Waals surface area contributed by atoms with E-state index in [0.717, 1.165) is 25.4 Å². The van der Waals surface area contributed by atoms with Gasteiger partial charge in [-0.25, -0.2) is 0 Å². The van der Waals surface area contributed by atoms with E-state index in [0.29, 0.717) is 0 Å². The second kappa shape index (κ2) is 5.08. The van der Waals surface area contributed by atoms with Gasteiger partial charge >= 0.3 is 0 Å². The highest BCUT2D eigenvalue weighted by atomic mass is 15.0. The molecule has 0 unspecified atom stereocenters. The fraction of sp³-hybridized carbons (Fsp3) is 0.545. The minimum atomic E-state index is 0.846. The van der Waals surface area contributed by atoms with E-state index < -0.39 is 0 Å². The third-order valence-electron chi connectivity index (χ3n) is 2.58. The normalized spacial score (nSPS) is 16.6. The van der Waals surface area contributed by atoms with Crippen molar-refractivity contribution in [1.29, 1.82) is 0 Å². The smallest absolute Gasteiger partial charge is 0.0416 e. The van der Waals surface area contributed by atoms with Crippen molar-refractivity contribution < 1.29 is 0 Å². The van der Waals surface area contributed by atoms with Gasteiger partial charge in [-0.05, 0) is 18.1 Å². The van der Waals surface area contributed by atoms with E-state index in [1.54, 1.807) is 0 Å². The highest BCUT2D eigenvalue weighted by Gasteiger charge is 2.15.